The van der Waals surface area contributed by atoms with Gasteiger partial charge in [-0.15, -0.1) is 10.2 Å². The molecule has 0 bridgehead atoms. The van der Waals surface area contributed by atoms with Crippen LogP contribution in [0.3, 0.4) is 0 Å². The summed E-state index contributed by atoms with van der Waals surface area (Å²) in [5.41, 5.74) is 4.25. The molecule has 25 heavy (non-hydrogen) atoms. The maximum atomic E-state index is 12.8. The molecule has 1 fully saturated rings. The van der Waals surface area contributed by atoms with Crippen molar-refractivity contribution in [1.82, 2.24) is 25.2 Å². The summed E-state index contributed by atoms with van der Waals surface area (Å²) in [5.74, 6) is 1.10. The third-order valence-electron chi connectivity index (χ3n) is 4.72. The quantitative estimate of drug-likeness (QED) is 0.750. The van der Waals surface area contributed by atoms with E-state index in [9.17, 15) is 4.79 Å². The van der Waals surface area contributed by atoms with Crippen molar-refractivity contribution in [3.05, 3.63) is 47.3 Å². The molecule has 1 amide bonds. The number of aromatic amines is 1. The van der Waals surface area contributed by atoms with E-state index in [4.69, 9.17) is 0 Å². The summed E-state index contributed by atoms with van der Waals surface area (Å²) in [4.78, 5) is 12.8. The van der Waals surface area contributed by atoms with Crippen molar-refractivity contribution in [2.45, 2.75) is 33.2 Å². The molecular weight excluding hydrogens is 316 g/mol. The Hall–Kier alpha value is -2.96. The fraction of sp³-hybridized carbons (Fsp3) is 0.333. The van der Waals surface area contributed by atoms with E-state index in [1.807, 2.05) is 37.3 Å². The van der Waals surface area contributed by atoms with E-state index < -0.39 is 0 Å². The second-order valence-electron chi connectivity index (χ2n) is 6.57. The lowest BCUT2D eigenvalue weighted by Gasteiger charge is -2.10. The molecule has 1 aromatic carbocycles. The van der Waals surface area contributed by atoms with Crippen molar-refractivity contribution in [1.29, 1.82) is 0 Å². The SMILES string of the molecule is Cc1cc(C(=O)Nc2ccccc2-c2nn[nH]n2)c(C)n1CC1CC1. The normalized spacial score (nSPS) is 13.8. The van der Waals surface area contributed by atoms with E-state index in [1.165, 1.54) is 12.8 Å². The number of tetrazole rings is 1. The highest BCUT2D eigenvalue weighted by Crippen LogP contribution is 2.32. The molecular formula is C18H20N6O. The zero-order chi connectivity index (χ0) is 17.4. The van der Waals surface area contributed by atoms with Crippen LogP contribution in [0.15, 0.2) is 30.3 Å². The highest BCUT2D eigenvalue weighted by Gasteiger charge is 2.25. The summed E-state index contributed by atoms with van der Waals surface area (Å²) in [6.07, 6.45) is 2.58. The third kappa shape index (κ3) is 3.05. The summed E-state index contributed by atoms with van der Waals surface area (Å²) < 4.78 is 2.25. The molecule has 1 saturated carbocycles. The van der Waals surface area contributed by atoms with Gasteiger partial charge in [0.15, 0.2) is 0 Å². The van der Waals surface area contributed by atoms with Crippen molar-refractivity contribution >= 4 is 11.6 Å². The van der Waals surface area contributed by atoms with Crippen molar-refractivity contribution in [2.75, 3.05) is 5.32 Å². The maximum Gasteiger partial charge on any atom is 0.257 e. The van der Waals surface area contributed by atoms with E-state index in [-0.39, 0.29) is 5.91 Å². The largest absolute Gasteiger partial charge is 0.348 e. The molecule has 7 heteroatoms. The molecule has 0 spiro atoms. The average Bonchev–Trinajstić information content (AvgIpc) is 3.18. The fourth-order valence-electron chi connectivity index (χ4n) is 3.12. The van der Waals surface area contributed by atoms with Crippen molar-refractivity contribution < 1.29 is 4.79 Å². The summed E-state index contributed by atoms with van der Waals surface area (Å²) in [7, 11) is 0. The Morgan fingerprint density at radius 2 is 2.12 bits per heavy atom. The number of rotatable bonds is 5. The number of carbonyl (C=O) groups is 1. The number of aromatic nitrogens is 5. The summed E-state index contributed by atoms with van der Waals surface area (Å²) in [6, 6.07) is 9.41. The number of hydrogen-bond donors (Lipinski definition) is 2. The fourth-order valence-corrected chi connectivity index (χ4v) is 3.12. The molecule has 1 aliphatic rings. The van der Waals surface area contributed by atoms with Gasteiger partial charge >= 0.3 is 0 Å². The van der Waals surface area contributed by atoms with Gasteiger partial charge in [-0.1, -0.05) is 12.1 Å². The monoisotopic (exact) mass is 336 g/mol. The minimum Gasteiger partial charge on any atom is -0.348 e. The van der Waals surface area contributed by atoms with Gasteiger partial charge in [-0.3, -0.25) is 4.79 Å². The van der Waals surface area contributed by atoms with Crippen LogP contribution in [0.4, 0.5) is 5.69 Å². The molecule has 4 rings (SSSR count). The first-order valence-corrected chi connectivity index (χ1v) is 8.44. The number of nitrogens with zero attached hydrogens (tertiary/aromatic N) is 4. The number of amides is 1. The Kier molecular flexibility index (Phi) is 3.83. The molecule has 0 atom stereocenters. The van der Waals surface area contributed by atoms with Gasteiger partial charge in [0.25, 0.3) is 5.91 Å². The number of H-pyrrole nitrogens is 1. The molecule has 2 heterocycles. The van der Waals surface area contributed by atoms with E-state index in [0.717, 1.165) is 29.4 Å². The Balaban J connectivity index is 1.61. The van der Waals surface area contributed by atoms with Crippen LogP contribution in [0.1, 0.15) is 34.6 Å². The standard InChI is InChI=1S/C18H20N6O/c1-11-9-15(12(2)24(11)10-13-7-8-13)18(25)19-16-6-4-3-5-14(16)17-20-22-23-21-17/h3-6,9,13H,7-8,10H2,1-2H3,(H,19,25)(H,20,21,22,23). The van der Waals surface area contributed by atoms with Crippen molar-refractivity contribution in [3.8, 4) is 11.4 Å². The van der Waals surface area contributed by atoms with E-state index in [0.29, 0.717) is 17.1 Å². The highest BCUT2D eigenvalue weighted by molar-refractivity contribution is 6.07. The minimum absolute atomic E-state index is 0.119. The van der Waals surface area contributed by atoms with Crippen molar-refractivity contribution in [3.63, 3.8) is 0 Å². The first-order chi connectivity index (χ1) is 12.1. The van der Waals surface area contributed by atoms with Gasteiger partial charge in [-0.2, -0.15) is 5.21 Å². The van der Waals surface area contributed by atoms with Crippen LogP contribution in [0.2, 0.25) is 0 Å². The number of aryl methyl sites for hydroxylation is 1. The first kappa shape index (κ1) is 15.6. The maximum absolute atomic E-state index is 12.8. The smallest absolute Gasteiger partial charge is 0.257 e. The first-order valence-electron chi connectivity index (χ1n) is 8.44. The number of hydrogen-bond acceptors (Lipinski definition) is 4. The van der Waals surface area contributed by atoms with Gasteiger partial charge in [0.2, 0.25) is 5.82 Å². The number of nitrogens with one attached hydrogen (secondary N) is 2. The van der Waals surface area contributed by atoms with Crippen LogP contribution in [0.5, 0.6) is 0 Å². The predicted molar refractivity (Wildman–Crippen MR) is 94.2 cm³/mol. The molecule has 2 N–H and O–H groups in total. The summed E-state index contributed by atoms with van der Waals surface area (Å²) in [5, 5.41) is 17.0. The number of benzene rings is 1. The van der Waals surface area contributed by atoms with Crippen LogP contribution >= 0.6 is 0 Å². The van der Waals surface area contributed by atoms with Gasteiger partial charge < -0.3 is 9.88 Å². The predicted octanol–water partition coefficient (Wildman–Crippen LogP) is 2.95. The lowest BCUT2D eigenvalue weighted by molar-refractivity contribution is 0.102. The zero-order valence-electron chi connectivity index (χ0n) is 14.3. The number of para-hydroxylation sites is 1. The molecule has 0 unspecified atom stereocenters. The van der Waals surface area contributed by atoms with Crippen LogP contribution in [0.25, 0.3) is 11.4 Å². The minimum atomic E-state index is -0.119. The van der Waals surface area contributed by atoms with E-state index in [1.54, 1.807) is 0 Å². The Bertz CT molecular complexity index is 908. The zero-order valence-corrected chi connectivity index (χ0v) is 14.3. The Morgan fingerprint density at radius 1 is 1.32 bits per heavy atom. The average molecular weight is 336 g/mol. The van der Waals surface area contributed by atoms with Crippen LogP contribution in [-0.4, -0.2) is 31.1 Å². The molecule has 0 radical (unpaired) electrons. The molecule has 2 aromatic heterocycles. The molecule has 1 aliphatic carbocycles. The highest BCUT2D eigenvalue weighted by atomic mass is 16.1. The summed E-state index contributed by atoms with van der Waals surface area (Å²) >= 11 is 0. The topological polar surface area (TPSA) is 88.5 Å². The van der Waals surface area contributed by atoms with Crippen LogP contribution in [0, 0.1) is 19.8 Å². The van der Waals surface area contributed by atoms with Gasteiger partial charge in [0.1, 0.15) is 0 Å². The van der Waals surface area contributed by atoms with Gasteiger partial charge in [0.05, 0.1) is 11.3 Å². The third-order valence-corrected chi connectivity index (χ3v) is 4.72. The number of carbonyl (C=O) groups excluding carboxylic acids is 1. The van der Waals surface area contributed by atoms with Gasteiger partial charge in [-0.25, -0.2) is 0 Å². The van der Waals surface area contributed by atoms with Crippen LogP contribution in [-0.2, 0) is 6.54 Å². The van der Waals surface area contributed by atoms with Crippen molar-refractivity contribution in [2.24, 2.45) is 5.92 Å². The lowest BCUT2D eigenvalue weighted by Crippen LogP contribution is -2.14. The molecule has 3 aromatic rings. The van der Waals surface area contributed by atoms with Gasteiger partial charge in [0, 0.05) is 23.5 Å². The molecule has 0 saturated heterocycles. The second-order valence-corrected chi connectivity index (χ2v) is 6.57. The van der Waals surface area contributed by atoms with Gasteiger partial charge in [-0.05, 0) is 56.0 Å². The van der Waals surface area contributed by atoms with Crippen LogP contribution < -0.4 is 5.32 Å². The Morgan fingerprint density at radius 3 is 2.84 bits per heavy atom. The molecule has 7 nitrogen and oxygen atoms in total. The second kappa shape index (κ2) is 6.16. The Labute approximate surface area is 145 Å². The van der Waals surface area contributed by atoms with E-state index >= 15 is 0 Å². The molecule has 0 aliphatic heterocycles. The summed E-state index contributed by atoms with van der Waals surface area (Å²) in [6.45, 7) is 5.07. The number of anilines is 1. The molecule has 128 valence electrons. The lowest BCUT2D eigenvalue weighted by atomic mass is 10.1. The van der Waals surface area contributed by atoms with E-state index in [2.05, 4.69) is 37.4 Å².